The molecule has 37 heavy (non-hydrogen) atoms. The topological polar surface area (TPSA) is 94.6 Å². The zero-order chi connectivity index (χ0) is 26.3. The lowest BCUT2D eigenvalue weighted by Crippen LogP contribution is -2.21. The second kappa shape index (κ2) is 10.2. The summed E-state index contributed by atoms with van der Waals surface area (Å²) in [5, 5.41) is 11.3. The Bertz CT molecular complexity index is 1620. The molecule has 186 valence electrons. The van der Waals surface area contributed by atoms with Gasteiger partial charge in [-0.3, -0.25) is 0 Å². The summed E-state index contributed by atoms with van der Waals surface area (Å²) >= 11 is 19.9. The van der Waals surface area contributed by atoms with Crippen LogP contribution in [-0.2, 0) is 0 Å². The predicted octanol–water partition coefficient (Wildman–Crippen LogP) is 7.70. The average molecular weight is 572 g/mol. The van der Waals surface area contributed by atoms with Crippen LogP contribution >= 0.6 is 46.1 Å². The summed E-state index contributed by atoms with van der Waals surface area (Å²) < 4.78 is 17.5. The first kappa shape index (κ1) is 25.2. The fraction of sp³-hybridized carbons (Fsp3) is 0.111. The summed E-state index contributed by atoms with van der Waals surface area (Å²) in [5.74, 6) is 0.186. The van der Waals surface area contributed by atoms with E-state index >= 15 is 0 Å². The predicted molar refractivity (Wildman–Crippen MR) is 145 cm³/mol. The molecule has 0 saturated carbocycles. The Balaban J connectivity index is 1.47. The van der Waals surface area contributed by atoms with Crippen molar-refractivity contribution in [2.45, 2.75) is 12.8 Å². The van der Waals surface area contributed by atoms with Crippen LogP contribution in [0.5, 0.6) is 17.2 Å². The summed E-state index contributed by atoms with van der Waals surface area (Å²) in [6.45, 7) is 2.45. The summed E-state index contributed by atoms with van der Waals surface area (Å²) in [6, 6.07) is 17.8. The van der Waals surface area contributed by atoms with Crippen molar-refractivity contribution in [2.75, 3.05) is 6.61 Å². The van der Waals surface area contributed by atoms with E-state index in [-0.39, 0.29) is 27.1 Å². The highest BCUT2D eigenvalue weighted by Gasteiger charge is 2.31. The standard InChI is InChI=1S/C27H17Cl3N2O4S/c1-2-34-15-5-3-13(4-6-15)22-17-8-7-16(11-20(17)36-26(32)18(22)12-31)35-27(33)25-24(30)23-19(29)9-14(28)10-21(23)37-25/h3-11,22H,2,32H2,1H3. The molecule has 0 saturated heterocycles. The third-order valence-electron chi connectivity index (χ3n) is 5.76. The summed E-state index contributed by atoms with van der Waals surface area (Å²) in [5.41, 5.74) is 7.93. The molecule has 3 aromatic carbocycles. The maximum absolute atomic E-state index is 13.0. The molecule has 5 rings (SSSR count). The molecule has 10 heteroatoms. The zero-order valence-electron chi connectivity index (χ0n) is 19.2. The molecule has 1 aliphatic heterocycles. The van der Waals surface area contributed by atoms with Crippen molar-refractivity contribution >= 4 is 62.2 Å². The smallest absolute Gasteiger partial charge is 0.355 e. The van der Waals surface area contributed by atoms with E-state index in [2.05, 4.69) is 6.07 Å². The van der Waals surface area contributed by atoms with Crippen molar-refractivity contribution in [3.05, 3.63) is 97.1 Å². The van der Waals surface area contributed by atoms with Gasteiger partial charge in [-0.2, -0.15) is 5.26 Å². The molecule has 2 heterocycles. The van der Waals surface area contributed by atoms with E-state index < -0.39 is 11.9 Å². The molecule has 2 N–H and O–H groups in total. The molecule has 1 unspecified atom stereocenters. The number of carbonyl (C=O) groups is 1. The molecule has 1 aromatic heterocycles. The second-order valence-electron chi connectivity index (χ2n) is 8.02. The highest BCUT2D eigenvalue weighted by atomic mass is 35.5. The van der Waals surface area contributed by atoms with E-state index in [4.69, 9.17) is 54.7 Å². The lowest BCUT2D eigenvalue weighted by atomic mass is 9.83. The van der Waals surface area contributed by atoms with Gasteiger partial charge in [-0.15, -0.1) is 11.3 Å². The maximum atomic E-state index is 13.0. The van der Waals surface area contributed by atoms with Gasteiger partial charge < -0.3 is 19.9 Å². The number of esters is 1. The first-order valence-electron chi connectivity index (χ1n) is 11.0. The molecule has 0 spiro atoms. The van der Waals surface area contributed by atoms with Gasteiger partial charge in [0.05, 0.1) is 22.6 Å². The van der Waals surface area contributed by atoms with Gasteiger partial charge in [0.15, 0.2) is 0 Å². The molecular formula is C27H17Cl3N2O4S. The van der Waals surface area contributed by atoms with Crippen LogP contribution in [0, 0.1) is 11.3 Å². The molecule has 4 aromatic rings. The van der Waals surface area contributed by atoms with E-state index in [1.54, 1.807) is 30.3 Å². The number of carbonyl (C=O) groups excluding carboxylic acids is 1. The first-order chi connectivity index (χ1) is 17.8. The Hall–Kier alpha value is -3.41. The molecule has 1 atom stereocenters. The van der Waals surface area contributed by atoms with E-state index in [9.17, 15) is 10.1 Å². The van der Waals surface area contributed by atoms with Crippen molar-refractivity contribution in [1.29, 1.82) is 5.26 Å². The molecule has 6 nitrogen and oxygen atoms in total. The number of benzene rings is 3. The van der Waals surface area contributed by atoms with Crippen molar-refractivity contribution in [3.8, 4) is 23.3 Å². The van der Waals surface area contributed by atoms with Crippen molar-refractivity contribution in [1.82, 2.24) is 0 Å². The Kier molecular flexibility index (Phi) is 6.93. The van der Waals surface area contributed by atoms with Crippen molar-refractivity contribution in [2.24, 2.45) is 5.73 Å². The summed E-state index contributed by atoms with van der Waals surface area (Å²) in [4.78, 5) is 13.2. The fourth-order valence-corrected chi connectivity index (χ4v) is 6.41. The number of hydrogen-bond donors (Lipinski definition) is 1. The van der Waals surface area contributed by atoms with Gasteiger partial charge in [0.1, 0.15) is 33.8 Å². The Labute approximate surface area is 231 Å². The largest absolute Gasteiger partial charge is 0.494 e. The summed E-state index contributed by atoms with van der Waals surface area (Å²) in [7, 11) is 0. The van der Waals surface area contributed by atoms with Crippen LogP contribution in [0.4, 0.5) is 0 Å². The Morgan fingerprint density at radius 2 is 1.84 bits per heavy atom. The Morgan fingerprint density at radius 3 is 2.54 bits per heavy atom. The minimum atomic E-state index is -0.654. The molecule has 0 bridgehead atoms. The second-order valence-corrected chi connectivity index (χ2v) is 10.3. The lowest BCUT2D eigenvalue weighted by Gasteiger charge is -2.26. The molecular weight excluding hydrogens is 555 g/mol. The third kappa shape index (κ3) is 4.70. The number of thiophene rings is 1. The first-order valence-corrected chi connectivity index (χ1v) is 13.0. The van der Waals surface area contributed by atoms with Crippen LogP contribution in [0.25, 0.3) is 10.1 Å². The monoisotopic (exact) mass is 570 g/mol. The van der Waals surface area contributed by atoms with E-state index in [0.29, 0.717) is 38.1 Å². The number of nitrogens with zero attached hydrogens (tertiary/aromatic N) is 1. The van der Waals surface area contributed by atoms with Gasteiger partial charge in [-0.25, -0.2) is 4.79 Å². The number of hydrogen-bond acceptors (Lipinski definition) is 7. The van der Waals surface area contributed by atoms with E-state index in [1.807, 2.05) is 31.2 Å². The normalized spacial score (nSPS) is 14.6. The van der Waals surface area contributed by atoms with Gasteiger partial charge >= 0.3 is 5.97 Å². The average Bonchev–Trinajstić information content (AvgIpc) is 3.20. The number of ether oxygens (including phenoxy) is 3. The van der Waals surface area contributed by atoms with Crippen LogP contribution < -0.4 is 19.9 Å². The molecule has 0 aliphatic carbocycles. The van der Waals surface area contributed by atoms with Gasteiger partial charge in [0, 0.05) is 26.7 Å². The van der Waals surface area contributed by atoms with Crippen LogP contribution in [0.15, 0.2) is 66.1 Å². The number of nitriles is 1. The SMILES string of the molecule is CCOc1ccc(C2C(C#N)=C(N)Oc3cc(OC(=O)c4sc5cc(Cl)cc(Cl)c5c4Cl)ccc32)cc1. The maximum Gasteiger partial charge on any atom is 0.355 e. The number of halogens is 3. The highest BCUT2D eigenvalue weighted by Crippen LogP contribution is 2.45. The van der Waals surface area contributed by atoms with E-state index in [0.717, 1.165) is 22.6 Å². The minimum absolute atomic E-state index is 0.0172. The lowest BCUT2D eigenvalue weighted by molar-refractivity contribution is 0.0740. The molecule has 0 radical (unpaired) electrons. The molecule has 1 aliphatic rings. The number of fused-ring (bicyclic) bond motifs is 2. The minimum Gasteiger partial charge on any atom is -0.494 e. The van der Waals surface area contributed by atoms with Crippen LogP contribution in [0.1, 0.15) is 33.6 Å². The molecule has 0 amide bonds. The number of nitrogens with two attached hydrogens (primary N) is 1. The van der Waals surface area contributed by atoms with Crippen LogP contribution in [-0.4, -0.2) is 12.6 Å². The van der Waals surface area contributed by atoms with Gasteiger partial charge in [0.2, 0.25) is 5.88 Å². The van der Waals surface area contributed by atoms with E-state index in [1.165, 1.54) is 0 Å². The van der Waals surface area contributed by atoms with Crippen molar-refractivity contribution < 1.29 is 19.0 Å². The van der Waals surface area contributed by atoms with Crippen LogP contribution in [0.3, 0.4) is 0 Å². The number of allylic oxidation sites excluding steroid dienone is 1. The third-order valence-corrected chi connectivity index (χ3v) is 7.88. The van der Waals surface area contributed by atoms with Crippen LogP contribution in [0.2, 0.25) is 15.1 Å². The molecule has 0 fully saturated rings. The van der Waals surface area contributed by atoms with Gasteiger partial charge in [-0.05, 0) is 42.8 Å². The van der Waals surface area contributed by atoms with Gasteiger partial charge in [0.25, 0.3) is 0 Å². The number of rotatable bonds is 5. The highest BCUT2D eigenvalue weighted by molar-refractivity contribution is 7.21. The van der Waals surface area contributed by atoms with Gasteiger partial charge in [-0.1, -0.05) is 53.0 Å². The van der Waals surface area contributed by atoms with Crippen molar-refractivity contribution in [3.63, 3.8) is 0 Å². The fourth-order valence-electron chi connectivity index (χ4n) is 4.16. The zero-order valence-corrected chi connectivity index (χ0v) is 22.3. The summed E-state index contributed by atoms with van der Waals surface area (Å²) in [6.07, 6.45) is 0. The Morgan fingerprint density at radius 1 is 1.11 bits per heavy atom. The quantitative estimate of drug-likeness (QED) is 0.195.